The van der Waals surface area contributed by atoms with Gasteiger partial charge in [-0.05, 0) is 0 Å². The van der Waals surface area contributed by atoms with Crippen LogP contribution in [0.15, 0.2) is 122 Å². The fourth-order valence-corrected chi connectivity index (χ4v) is 6.11. The maximum absolute atomic E-state index is 14.4. The Balaban J connectivity index is 1.97. The molecule has 0 spiro atoms. The van der Waals surface area contributed by atoms with Crippen LogP contribution in [-0.2, 0) is 5.41 Å². The summed E-state index contributed by atoms with van der Waals surface area (Å²) in [6.07, 6.45) is 8.25. The van der Waals surface area contributed by atoms with Gasteiger partial charge in [-0.1, -0.05) is 0 Å². The van der Waals surface area contributed by atoms with Crippen molar-refractivity contribution in [2.24, 2.45) is 0 Å². The van der Waals surface area contributed by atoms with E-state index in [4.69, 9.17) is 0 Å². The predicted octanol–water partition coefficient (Wildman–Crippen LogP) is 8.67. The van der Waals surface area contributed by atoms with Gasteiger partial charge in [0.15, 0.2) is 0 Å². The van der Waals surface area contributed by atoms with Crippen molar-refractivity contribution in [3.63, 3.8) is 0 Å². The molecule has 0 radical (unpaired) electrons. The molecule has 0 amide bonds. The number of rotatable bonds is 7. The van der Waals surface area contributed by atoms with Gasteiger partial charge >= 0.3 is 243 Å². The molecule has 1 aliphatic heterocycles. The van der Waals surface area contributed by atoms with Crippen LogP contribution in [0.25, 0.3) is 0 Å². The number of allylic oxidation sites excluding steroid dienone is 4. The third kappa shape index (κ3) is 4.64. The number of fused-ring (bicyclic) bond motifs is 2. The van der Waals surface area contributed by atoms with E-state index in [1.165, 1.54) is 0 Å². The first-order chi connectivity index (χ1) is 19.9. The first-order valence-electron chi connectivity index (χ1n) is 13.8. The Morgan fingerprint density at radius 1 is 0.805 bits per heavy atom. The van der Waals surface area contributed by atoms with Crippen LogP contribution in [0.5, 0.6) is 0 Å². The molecule has 4 heteroatoms. The molecule has 41 heavy (non-hydrogen) atoms. The molecule has 0 bridgehead atoms. The zero-order valence-corrected chi connectivity index (χ0v) is 24.0. The number of anilines is 2. The molecule has 0 atom stereocenters. The van der Waals surface area contributed by atoms with E-state index >= 15 is 0 Å². The van der Waals surface area contributed by atoms with Gasteiger partial charge in [0.2, 0.25) is 0 Å². The van der Waals surface area contributed by atoms with E-state index in [2.05, 4.69) is 92.9 Å². The number of aryl methyl sites for hydroxylation is 3. The fraction of sp³-hybridized carbons (Fsp3) is 0.135. The number of halogens is 1. The van der Waals surface area contributed by atoms with Gasteiger partial charge in [0.05, 0.1) is 0 Å². The van der Waals surface area contributed by atoms with Gasteiger partial charge in [-0.3, -0.25) is 0 Å². The van der Waals surface area contributed by atoms with Gasteiger partial charge in [-0.15, -0.1) is 0 Å². The molecule has 0 unspecified atom stereocenters. The normalized spacial score (nSPS) is 14.1. The van der Waals surface area contributed by atoms with Crippen molar-refractivity contribution < 1.29 is 9.11 Å². The Kier molecular flexibility index (Phi) is 7.85. The molecular formula is C37H33BFNO. The Bertz CT molecular complexity index is 1690. The summed E-state index contributed by atoms with van der Waals surface area (Å²) in [6, 6.07) is 28.9. The van der Waals surface area contributed by atoms with Gasteiger partial charge in [0.25, 0.3) is 0 Å². The second kappa shape index (κ2) is 11.5. The van der Waals surface area contributed by atoms with Crippen LogP contribution < -0.4 is 4.90 Å². The molecule has 0 aliphatic carbocycles. The van der Waals surface area contributed by atoms with Crippen LogP contribution in [0.3, 0.4) is 0 Å². The van der Waals surface area contributed by atoms with Gasteiger partial charge in [0.1, 0.15) is 0 Å². The second-order valence-electron chi connectivity index (χ2n) is 10.5. The maximum atomic E-state index is 14.4. The molecule has 0 saturated heterocycles. The number of hydrogen-bond donors (Lipinski definition) is 0. The van der Waals surface area contributed by atoms with Crippen molar-refractivity contribution in [1.29, 1.82) is 0 Å². The summed E-state index contributed by atoms with van der Waals surface area (Å²) in [5.41, 5.74) is 9.77. The van der Waals surface area contributed by atoms with Crippen LogP contribution in [0.1, 0.15) is 56.2 Å². The van der Waals surface area contributed by atoms with E-state index in [-0.39, 0.29) is 0 Å². The molecule has 0 fully saturated rings. The Morgan fingerprint density at radius 2 is 1.39 bits per heavy atom. The minimum absolute atomic E-state index is 0.373. The first kappa shape index (κ1) is 28.0. The van der Waals surface area contributed by atoms with Gasteiger partial charge in [-0.2, -0.15) is 0 Å². The second-order valence-corrected chi connectivity index (χ2v) is 10.5. The van der Waals surface area contributed by atoms with Gasteiger partial charge in [0, 0.05) is 0 Å². The van der Waals surface area contributed by atoms with Crippen molar-refractivity contribution in [1.82, 2.24) is 0 Å². The van der Waals surface area contributed by atoms with Crippen molar-refractivity contribution >= 4 is 30.3 Å². The summed E-state index contributed by atoms with van der Waals surface area (Å²) >= 11 is 0. The summed E-state index contributed by atoms with van der Waals surface area (Å²) in [5.74, 6) is 0. The number of aldehydes is 1. The van der Waals surface area contributed by atoms with Crippen molar-refractivity contribution in [3.8, 4) is 0 Å². The summed E-state index contributed by atoms with van der Waals surface area (Å²) in [7, 11) is 0.606. The fourth-order valence-electron chi connectivity index (χ4n) is 6.11. The summed E-state index contributed by atoms with van der Waals surface area (Å²) < 4.78 is 14.4. The number of carbonyl (C=O) groups is 1. The van der Waals surface area contributed by atoms with Crippen LogP contribution >= 0.6 is 0 Å². The topological polar surface area (TPSA) is 20.3 Å². The summed E-state index contributed by atoms with van der Waals surface area (Å²) in [5, 5.41) is 0. The van der Waals surface area contributed by atoms with Crippen LogP contribution in [0.2, 0.25) is 0 Å². The molecule has 5 rings (SSSR count). The molecule has 0 saturated carbocycles. The monoisotopic (exact) mass is 537 g/mol. The third-order valence-electron chi connectivity index (χ3n) is 7.93. The molecule has 202 valence electrons. The molecule has 1 heterocycles. The van der Waals surface area contributed by atoms with Crippen molar-refractivity contribution in [3.05, 3.63) is 166 Å². The Morgan fingerprint density at radius 3 is 1.95 bits per heavy atom. The number of hydrogen-bond acceptors (Lipinski definition) is 2. The average molecular weight is 537 g/mol. The van der Waals surface area contributed by atoms with E-state index < -0.39 is 5.41 Å². The number of benzene rings is 4. The first-order valence-corrected chi connectivity index (χ1v) is 13.8. The SMILES string of the molecule is C=C(C(=BF)/C=C\C=C/C)N1c2ccc(C)cc2C(c2ccccc2C)(c2ccccc2C=O)c2cc(C)ccc21. The zero-order valence-electron chi connectivity index (χ0n) is 24.0. The molecular weight excluding hydrogens is 504 g/mol. The van der Waals surface area contributed by atoms with Crippen LogP contribution in [0.4, 0.5) is 15.7 Å². The number of carbonyl (C=O) groups excluding carboxylic acids is 1. The summed E-state index contributed by atoms with van der Waals surface area (Å²) in [4.78, 5) is 14.7. The number of nitrogens with zero attached hydrogens (tertiary/aromatic N) is 1. The van der Waals surface area contributed by atoms with E-state index in [0.717, 1.165) is 56.6 Å². The molecule has 0 N–H and O–H groups in total. The molecule has 4 aromatic rings. The standard InChI is InChI=1S/C37H33BFNO/c1-6-7-8-17-34(38-39)28(5)40-35-20-18-25(2)22-32(35)37(30-15-11-9-13-27(30)4,31-16-12-10-14-29(31)24-41)33-23-26(3)19-21-36(33)40/h6-24H,5H2,1-4H3/b7-6-,17-8-. The van der Waals surface area contributed by atoms with E-state index in [9.17, 15) is 9.11 Å². The van der Waals surface area contributed by atoms with E-state index in [1.54, 1.807) is 6.08 Å². The minimum atomic E-state index is -0.817. The quantitative estimate of drug-likeness (QED) is 0.134. The molecule has 4 aromatic carbocycles. The zero-order chi connectivity index (χ0) is 29.1. The Hall–Kier alpha value is -4.57. The van der Waals surface area contributed by atoms with Crippen molar-refractivity contribution in [2.45, 2.75) is 33.1 Å². The molecule has 1 aliphatic rings. The van der Waals surface area contributed by atoms with Gasteiger partial charge < -0.3 is 0 Å². The van der Waals surface area contributed by atoms with Crippen LogP contribution in [-0.4, -0.2) is 18.9 Å². The molecule has 0 aromatic heterocycles. The van der Waals surface area contributed by atoms with E-state index in [1.807, 2.05) is 49.4 Å². The van der Waals surface area contributed by atoms with Crippen molar-refractivity contribution in [2.75, 3.05) is 4.90 Å². The molecule has 2 nitrogen and oxygen atoms in total. The van der Waals surface area contributed by atoms with E-state index in [0.29, 0.717) is 23.9 Å². The average Bonchev–Trinajstić information content (AvgIpc) is 2.98. The third-order valence-corrected chi connectivity index (χ3v) is 7.93. The Labute approximate surface area is 243 Å². The summed E-state index contributed by atoms with van der Waals surface area (Å²) in [6.45, 7) is 12.6. The predicted molar refractivity (Wildman–Crippen MR) is 171 cm³/mol. The van der Waals surface area contributed by atoms with Gasteiger partial charge in [-0.25, -0.2) is 0 Å². The van der Waals surface area contributed by atoms with Crippen LogP contribution in [0, 0.1) is 20.8 Å².